The molecule has 2 aromatic heterocycles. The number of rotatable bonds is 5. The number of nitrogens with two attached hydrogens (primary N) is 1. The Morgan fingerprint density at radius 1 is 1.03 bits per heavy atom. The van der Waals surface area contributed by atoms with Gasteiger partial charge in [0.05, 0.1) is 12.5 Å². The summed E-state index contributed by atoms with van der Waals surface area (Å²) in [6, 6.07) is 14.5. The number of carbonyl (C=O) groups is 1. The van der Waals surface area contributed by atoms with Crippen LogP contribution in [0.2, 0.25) is 0 Å². The average molecular weight is 420 g/mol. The molecule has 152 valence electrons. The first-order chi connectivity index (χ1) is 14.6. The van der Waals surface area contributed by atoms with Gasteiger partial charge in [-0.2, -0.15) is 0 Å². The van der Waals surface area contributed by atoms with E-state index in [1.165, 1.54) is 11.2 Å². The van der Waals surface area contributed by atoms with Crippen LogP contribution in [-0.2, 0) is 6.42 Å². The van der Waals surface area contributed by atoms with Crippen LogP contribution in [0.1, 0.15) is 11.8 Å². The number of nitrogens with zero attached hydrogens (tertiary/aromatic N) is 2. The third-order valence-corrected chi connectivity index (χ3v) is 5.93. The lowest BCUT2D eigenvalue weighted by atomic mass is 10.0. The van der Waals surface area contributed by atoms with Crippen molar-refractivity contribution in [1.82, 2.24) is 9.97 Å². The lowest BCUT2D eigenvalue weighted by molar-refractivity contribution is 0.262. The predicted molar refractivity (Wildman–Crippen MR) is 122 cm³/mol. The van der Waals surface area contributed by atoms with Crippen LogP contribution < -0.4 is 21.1 Å². The van der Waals surface area contributed by atoms with Gasteiger partial charge in [0.15, 0.2) is 0 Å². The fourth-order valence-corrected chi connectivity index (χ4v) is 4.35. The van der Waals surface area contributed by atoms with Gasteiger partial charge in [-0.3, -0.25) is 0 Å². The van der Waals surface area contributed by atoms with Gasteiger partial charge in [0.2, 0.25) is 0 Å². The molecule has 7 nitrogen and oxygen atoms in total. The summed E-state index contributed by atoms with van der Waals surface area (Å²) in [6.07, 6.45) is 2.37. The second-order valence-electron chi connectivity index (χ2n) is 6.58. The number of benzene rings is 2. The van der Waals surface area contributed by atoms with Crippen LogP contribution in [0.15, 0.2) is 54.9 Å². The number of anilines is 3. The fraction of sp³-hybridized carbons (Fsp3) is 0.136. The number of hydrogen-bond acceptors (Lipinski definition) is 6. The third-order valence-electron chi connectivity index (χ3n) is 4.69. The number of ether oxygens (including phenoxy) is 1. The molecule has 4 N–H and O–H groups in total. The Labute approximate surface area is 177 Å². The van der Waals surface area contributed by atoms with Gasteiger partial charge in [-0.1, -0.05) is 19.1 Å². The van der Waals surface area contributed by atoms with Gasteiger partial charge in [0.1, 0.15) is 22.7 Å². The first-order valence-corrected chi connectivity index (χ1v) is 10.2. The van der Waals surface area contributed by atoms with Crippen LogP contribution in [0.25, 0.3) is 21.3 Å². The summed E-state index contributed by atoms with van der Waals surface area (Å²) in [7, 11) is 1.60. The zero-order valence-electron chi connectivity index (χ0n) is 16.6. The standard InChI is InChI=1S/C22H21N5O2S/c1-3-17-18(19-20(23)24-12-25-21(19)30-17)13-4-6-14(7-5-13)26-22(28)27-15-8-10-16(29-2)11-9-15/h4-12H,3H2,1-2H3,(H2,23,24,25)(H2,26,27,28). The molecule has 2 amide bonds. The lowest BCUT2D eigenvalue weighted by Crippen LogP contribution is -2.19. The summed E-state index contributed by atoms with van der Waals surface area (Å²) >= 11 is 1.63. The van der Waals surface area contributed by atoms with Gasteiger partial charge in [-0.05, 0) is 48.4 Å². The van der Waals surface area contributed by atoms with E-state index in [1.807, 2.05) is 24.3 Å². The van der Waals surface area contributed by atoms with Crippen molar-refractivity contribution in [3.8, 4) is 16.9 Å². The summed E-state index contributed by atoms with van der Waals surface area (Å²) in [5.74, 6) is 1.21. The second-order valence-corrected chi connectivity index (χ2v) is 7.66. The molecule has 4 rings (SSSR count). The monoisotopic (exact) mass is 419 g/mol. The van der Waals surface area contributed by atoms with E-state index < -0.39 is 0 Å². The maximum Gasteiger partial charge on any atom is 0.323 e. The third kappa shape index (κ3) is 3.90. The number of aryl methyl sites for hydroxylation is 1. The van der Waals surface area contributed by atoms with E-state index in [0.29, 0.717) is 17.2 Å². The van der Waals surface area contributed by atoms with Crippen molar-refractivity contribution in [3.63, 3.8) is 0 Å². The van der Waals surface area contributed by atoms with Gasteiger partial charge in [-0.25, -0.2) is 14.8 Å². The Bertz CT molecular complexity index is 1190. The minimum absolute atomic E-state index is 0.319. The van der Waals surface area contributed by atoms with E-state index >= 15 is 0 Å². The summed E-state index contributed by atoms with van der Waals surface area (Å²) in [4.78, 5) is 22.9. The van der Waals surface area contributed by atoms with E-state index in [9.17, 15) is 4.79 Å². The maximum atomic E-state index is 12.3. The Balaban J connectivity index is 1.53. The molecule has 0 aliphatic rings. The molecule has 0 aliphatic carbocycles. The first kappa shape index (κ1) is 19.7. The SMILES string of the molecule is CCc1sc2ncnc(N)c2c1-c1ccc(NC(=O)Nc2ccc(OC)cc2)cc1. The molecule has 0 radical (unpaired) electrons. The number of amides is 2. The molecule has 0 aliphatic heterocycles. The minimum atomic E-state index is -0.319. The summed E-state index contributed by atoms with van der Waals surface area (Å²) < 4.78 is 5.12. The predicted octanol–water partition coefficient (Wildman–Crippen LogP) is 5.16. The number of fused-ring (bicyclic) bond motifs is 1. The van der Waals surface area contributed by atoms with Gasteiger partial charge >= 0.3 is 6.03 Å². The smallest absolute Gasteiger partial charge is 0.323 e. The summed E-state index contributed by atoms with van der Waals surface area (Å²) in [5.41, 5.74) is 9.57. The largest absolute Gasteiger partial charge is 0.497 e. The number of carbonyl (C=O) groups excluding carboxylic acids is 1. The van der Waals surface area contributed by atoms with Crippen molar-refractivity contribution >= 4 is 44.8 Å². The number of urea groups is 1. The number of methoxy groups -OCH3 is 1. The van der Waals surface area contributed by atoms with Crippen molar-refractivity contribution in [2.75, 3.05) is 23.5 Å². The number of nitrogens with one attached hydrogen (secondary N) is 2. The quantitative estimate of drug-likeness (QED) is 0.415. The van der Waals surface area contributed by atoms with E-state index in [-0.39, 0.29) is 6.03 Å². The van der Waals surface area contributed by atoms with Crippen molar-refractivity contribution in [1.29, 1.82) is 0 Å². The molecule has 0 spiro atoms. The Morgan fingerprint density at radius 3 is 2.27 bits per heavy atom. The van der Waals surface area contributed by atoms with Crippen LogP contribution in [0.5, 0.6) is 5.75 Å². The van der Waals surface area contributed by atoms with Crippen LogP contribution in [0.4, 0.5) is 22.0 Å². The van der Waals surface area contributed by atoms with E-state index in [2.05, 4.69) is 27.5 Å². The van der Waals surface area contributed by atoms with Crippen molar-refractivity contribution in [3.05, 3.63) is 59.7 Å². The average Bonchev–Trinajstić information content (AvgIpc) is 3.15. The zero-order valence-corrected chi connectivity index (χ0v) is 17.4. The molecule has 0 atom stereocenters. The lowest BCUT2D eigenvalue weighted by Gasteiger charge is -2.10. The molecule has 0 saturated carbocycles. The Kier molecular flexibility index (Phi) is 5.49. The number of aromatic nitrogens is 2. The van der Waals surface area contributed by atoms with Crippen LogP contribution in [0.3, 0.4) is 0 Å². The molecule has 0 bridgehead atoms. The topological polar surface area (TPSA) is 102 Å². The normalized spacial score (nSPS) is 10.7. The van der Waals surface area contributed by atoms with Crippen LogP contribution in [-0.4, -0.2) is 23.1 Å². The fourth-order valence-electron chi connectivity index (χ4n) is 3.24. The van der Waals surface area contributed by atoms with Crippen molar-refractivity contribution < 1.29 is 9.53 Å². The Morgan fingerprint density at radius 2 is 1.67 bits per heavy atom. The first-order valence-electron chi connectivity index (χ1n) is 9.43. The van der Waals surface area contributed by atoms with Gasteiger partial charge in [0.25, 0.3) is 0 Å². The van der Waals surface area contributed by atoms with E-state index in [1.54, 1.807) is 42.7 Å². The van der Waals surface area contributed by atoms with Gasteiger partial charge in [0, 0.05) is 21.8 Å². The summed E-state index contributed by atoms with van der Waals surface area (Å²) in [5, 5.41) is 6.52. The number of thiophene rings is 1. The highest BCUT2D eigenvalue weighted by Crippen LogP contribution is 2.40. The molecule has 8 heteroatoms. The molecule has 4 aromatic rings. The highest BCUT2D eigenvalue weighted by Gasteiger charge is 2.17. The molecule has 2 aromatic carbocycles. The highest BCUT2D eigenvalue weighted by molar-refractivity contribution is 7.19. The number of hydrogen-bond donors (Lipinski definition) is 3. The minimum Gasteiger partial charge on any atom is -0.497 e. The molecular weight excluding hydrogens is 398 g/mol. The van der Waals surface area contributed by atoms with Crippen molar-refractivity contribution in [2.45, 2.75) is 13.3 Å². The van der Waals surface area contributed by atoms with Crippen molar-refractivity contribution in [2.24, 2.45) is 0 Å². The maximum absolute atomic E-state index is 12.3. The molecule has 30 heavy (non-hydrogen) atoms. The molecular formula is C22H21N5O2S. The molecule has 0 unspecified atom stereocenters. The van der Waals surface area contributed by atoms with Crippen LogP contribution in [0, 0.1) is 0 Å². The Hall–Kier alpha value is -3.65. The van der Waals surface area contributed by atoms with Gasteiger partial charge in [-0.15, -0.1) is 11.3 Å². The summed E-state index contributed by atoms with van der Waals surface area (Å²) in [6.45, 7) is 2.11. The van der Waals surface area contributed by atoms with E-state index in [0.717, 1.165) is 33.5 Å². The zero-order chi connectivity index (χ0) is 21.1. The number of nitrogen functional groups attached to an aromatic ring is 1. The van der Waals surface area contributed by atoms with E-state index in [4.69, 9.17) is 10.5 Å². The molecule has 0 saturated heterocycles. The van der Waals surface area contributed by atoms with Gasteiger partial charge < -0.3 is 21.1 Å². The molecule has 0 fully saturated rings. The van der Waals surface area contributed by atoms with Crippen LogP contribution >= 0.6 is 11.3 Å². The molecule has 2 heterocycles. The second kappa shape index (κ2) is 8.38. The highest BCUT2D eigenvalue weighted by atomic mass is 32.1.